The molecular weight excluding hydrogens is 362 g/mol. The summed E-state index contributed by atoms with van der Waals surface area (Å²) in [5.74, 6) is 0.800. The average molecular weight is 388 g/mol. The predicted molar refractivity (Wildman–Crippen MR) is 104 cm³/mol. The molecule has 1 unspecified atom stereocenters. The van der Waals surface area contributed by atoms with Gasteiger partial charge in [-0.2, -0.15) is 4.31 Å². The minimum atomic E-state index is -3.32. The van der Waals surface area contributed by atoms with Crippen LogP contribution in [0, 0.1) is 0 Å². The number of ether oxygens (including phenoxy) is 1. The van der Waals surface area contributed by atoms with Crippen LogP contribution in [-0.2, 0) is 23.1 Å². The standard InChI is InChI=1S/C20H25N3O3S/c1-27(24,25)23-14-18-5-2-3-6-19(18)26-20(16-23)9-4-12-22(15-20)13-17-7-10-21-11-8-17/h2-3,5-8,10-11H,4,9,12-16H2,1H3. The molecule has 6 nitrogen and oxygen atoms in total. The molecule has 4 rings (SSSR count). The lowest BCUT2D eigenvalue weighted by molar-refractivity contribution is -0.0179. The summed E-state index contributed by atoms with van der Waals surface area (Å²) in [6, 6.07) is 11.8. The Labute approximate surface area is 160 Å². The summed E-state index contributed by atoms with van der Waals surface area (Å²) >= 11 is 0. The Kier molecular flexibility index (Phi) is 4.92. The van der Waals surface area contributed by atoms with Crippen molar-refractivity contribution in [2.24, 2.45) is 0 Å². The van der Waals surface area contributed by atoms with Crippen molar-refractivity contribution in [2.75, 3.05) is 25.9 Å². The minimum Gasteiger partial charge on any atom is -0.484 e. The largest absolute Gasteiger partial charge is 0.484 e. The summed E-state index contributed by atoms with van der Waals surface area (Å²) in [5.41, 5.74) is 1.60. The van der Waals surface area contributed by atoms with Crippen LogP contribution in [0.1, 0.15) is 24.0 Å². The summed E-state index contributed by atoms with van der Waals surface area (Å²) in [7, 11) is -3.32. The van der Waals surface area contributed by atoms with Crippen LogP contribution in [0.4, 0.5) is 0 Å². The van der Waals surface area contributed by atoms with Gasteiger partial charge in [-0.25, -0.2) is 8.42 Å². The number of hydrogen-bond donors (Lipinski definition) is 0. The fourth-order valence-corrected chi connectivity index (χ4v) is 4.93. The SMILES string of the molecule is CS(=O)(=O)N1Cc2ccccc2OC2(CCCN(Cc3ccncc3)C2)C1. The molecule has 1 aromatic heterocycles. The molecule has 3 heterocycles. The summed E-state index contributed by atoms with van der Waals surface area (Å²) < 4.78 is 32.9. The smallest absolute Gasteiger partial charge is 0.211 e. The molecule has 27 heavy (non-hydrogen) atoms. The van der Waals surface area contributed by atoms with Crippen LogP contribution in [0.25, 0.3) is 0 Å². The monoisotopic (exact) mass is 387 g/mol. The number of likely N-dealkylation sites (tertiary alicyclic amines) is 1. The highest BCUT2D eigenvalue weighted by molar-refractivity contribution is 7.88. The van der Waals surface area contributed by atoms with E-state index in [0.717, 1.165) is 37.2 Å². The number of rotatable bonds is 3. The first-order valence-corrected chi connectivity index (χ1v) is 11.1. The van der Waals surface area contributed by atoms with E-state index in [1.807, 2.05) is 36.4 Å². The quantitative estimate of drug-likeness (QED) is 0.809. The van der Waals surface area contributed by atoms with E-state index in [1.165, 1.54) is 11.8 Å². The summed E-state index contributed by atoms with van der Waals surface area (Å²) in [6.07, 6.45) is 6.72. The van der Waals surface area contributed by atoms with Gasteiger partial charge in [0, 0.05) is 37.6 Å². The number of pyridine rings is 1. The van der Waals surface area contributed by atoms with Crippen LogP contribution < -0.4 is 4.74 Å². The van der Waals surface area contributed by atoms with Crippen LogP contribution >= 0.6 is 0 Å². The van der Waals surface area contributed by atoms with Crippen molar-refractivity contribution in [3.05, 3.63) is 59.9 Å². The number of aromatic nitrogens is 1. The van der Waals surface area contributed by atoms with E-state index in [4.69, 9.17) is 4.74 Å². The first-order chi connectivity index (χ1) is 12.9. The van der Waals surface area contributed by atoms with Gasteiger partial charge in [-0.05, 0) is 43.1 Å². The molecule has 1 saturated heterocycles. The van der Waals surface area contributed by atoms with Crippen molar-refractivity contribution in [3.8, 4) is 5.75 Å². The normalized spacial score (nSPS) is 24.2. The Morgan fingerprint density at radius 1 is 1.15 bits per heavy atom. The second-order valence-corrected chi connectivity index (χ2v) is 9.58. The maximum absolute atomic E-state index is 12.4. The van der Waals surface area contributed by atoms with Crippen molar-refractivity contribution in [1.82, 2.24) is 14.2 Å². The highest BCUT2D eigenvalue weighted by Gasteiger charge is 2.43. The molecular formula is C20H25N3O3S. The molecule has 1 atom stereocenters. The van der Waals surface area contributed by atoms with Gasteiger partial charge in [-0.3, -0.25) is 9.88 Å². The van der Waals surface area contributed by atoms with Crippen molar-refractivity contribution in [1.29, 1.82) is 0 Å². The zero-order valence-corrected chi connectivity index (χ0v) is 16.4. The second kappa shape index (κ2) is 7.22. The number of para-hydroxylation sites is 1. The molecule has 0 aliphatic carbocycles. The Morgan fingerprint density at radius 3 is 2.70 bits per heavy atom. The van der Waals surface area contributed by atoms with Crippen molar-refractivity contribution in [2.45, 2.75) is 31.5 Å². The van der Waals surface area contributed by atoms with Crippen LogP contribution in [0.15, 0.2) is 48.8 Å². The molecule has 2 aliphatic rings. The van der Waals surface area contributed by atoms with Gasteiger partial charge >= 0.3 is 0 Å². The highest BCUT2D eigenvalue weighted by atomic mass is 32.2. The lowest BCUT2D eigenvalue weighted by Gasteiger charge is -2.43. The first kappa shape index (κ1) is 18.4. The molecule has 2 aromatic rings. The van der Waals surface area contributed by atoms with Gasteiger partial charge in [0.15, 0.2) is 0 Å². The number of nitrogens with zero attached hydrogens (tertiary/aromatic N) is 3. The Balaban J connectivity index is 1.63. The molecule has 7 heteroatoms. The third kappa shape index (κ3) is 4.15. The molecule has 0 saturated carbocycles. The van der Waals surface area contributed by atoms with E-state index in [0.29, 0.717) is 19.6 Å². The molecule has 1 aromatic carbocycles. The summed E-state index contributed by atoms with van der Waals surface area (Å²) in [6.45, 7) is 3.24. The van der Waals surface area contributed by atoms with Gasteiger partial charge in [0.2, 0.25) is 10.0 Å². The first-order valence-electron chi connectivity index (χ1n) is 9.27. The van der Waals surface area contributed by atoms with Gasteiger partial charge in [0.25, 0.3) is 0 Å². The maximum atomic E-state index is 12.4. The Morgan fingerprint density at radius 2 is 1.93 bits per heavy atom. The fourth-order valence-electron chi connectivity index (χ4n) is 4.09. The number of fused-ring (bicyclic) bond motifs is 1. The zero-order chi connectivity index (χ0) is 18.9. The number of sulfonamides is 1. The Hall–Kier alpha value is -1.96. The van der Waals surface area contributed by atoms with Crippen LogP contribution in [0.2, 0.25) is 0 Å². The molecule has 0 N–H and O–H groups in total. The highest BCUT2D eigenvalue weighted by Crippen LogP contribution is 2.35. The zero-order valence-electron chi connectivity index (χ0n) is 15.5. The molecule has 2 aliphatic heterocycles. The van der Waals surface area contributed by atoms with Gasteiger partial charge < -0.3 is 4.74 Å². The van der Waals surface area contributed by atoms with Crippen molar-refractivity contribution < 1.29 is 13.2 Å². The second-order valence-electron chi connectivity index (χ2n) is 7.59. The van der Waals surface area contributed by atoms with E-state index >= 15 is 0 Å². The lowest BCUT2D eigenvalue weighted by Crippen LogP contribution is -2.57. The fraction of sp³-hybridized carbons (Fsp3) is 0.450. The van der Waals surface area contributed by atoms with Gasteiger partial charge in [0.05, 0.1) is 12.8 Å². The average Bonchev–Trinajstić information content (AvgIpc) is 2.79. The summed E-state index contributed by atoms with van der Waals surface area (Å²) in [4.78, 5) is 6.43. The maximum Gasteiger partial charge on any atom is 0.211 e. The van der Waals surface area contributed by atoms with E-state index in [9.17, 15) is 8.42 Å². The molecule has 0 amide bonds. The topological polar surface area (TPSA) is 62.7 Å². The van der Waals surface area contributed by atoms with Crippen molar-refractivity contribution in [3.63, 3.8) is 0 Å². The molecule has 1 fully saturated rings. The van der Waals surface area contributed by atoms with E-state index in [-0.39, 0.29) is 0 Å². The van der Waals surface area contributed by atoms with E-state index < -0.39 is 15.6 Å². The van der Waals surface area contributed by atoms with Gasteiger partial charge in [-0.15, -0.1) is 0 Å². The number of hydrogen-bond acceptors (Lipinski definition) is 5. The van der Waals surface area contributed by atoms with E-state index in [2.05, 4.69) is 9.88 Å². The minimum absolute atomic E-state index is 0.362. The van der Waals surface area contributed by atoms with Crippen LogP contribution in [0.5, 0.6) is 5.75 Å². The van der Waals surface area contributed by atoms with Gasteiger partial charge in [0.1, 0.15) is 11.4 Å². The molecule has 1 spiro atoms. The summed E-state index contributed by atoms with van der Waals surface area (Å²) in [5, 5.41) is 0. The molecule has 0 radical (unpaired) electrons. The molecule has 144 valence electrons. The Bertz CT molecular complexity index is 904. The number of benzene rings is 1. The van der Waals surface area contributed by atoms with Crippen LogP contribution in [-0.4, -0.2) is 54.1 Å². The molecule has 0 bridgehead atoms. The third-order valence-electron chi connectivity index (χ3n) is 5.35. The third-order valence-corrected chi connectivity index (χ3v) is 6.55. The lowest BCUT2D eigenvalue weighted by atomic mass is 9.92. The van der Waals surface area contributed by atoms with Crippen molar-refractivity contribution >= 4 is 10.0 Å². The predicted octanol–water partition coefficient (Wildman–Crippen LogP) is 2.27. The van der Waals surface area contributed by atoms with E-state index in [1.54, 1.807) is 16.7 Å². The number of piperidine rings is 1. The van der Waals surface area contributed by atoms with Crippen LogP contribution in [0.3, 0.4) is 0 Å². The van der Waals surface area contributed by atoms with Gasteiger partial charge in [-0.1, -0.05) is 18.2 Å².